The smallest absolute Gasteiger partial charge is 0.254 e. The molecule has 1 fully saturated rings. The molecule has 1 heterocycles. The van der Waals surface area contributed by atoms with Gasteiger partial charge >= 0.3 is 0 Å². The van der Waals surface area contributed by atoms with Crippen molar-refractivity contribution in [3.63, 3.8) is 0 Å². The number of fused-ring (bicyclic) bond motifs is 1. The summed E-state index contributed by atoms with van der Waals surface area (Å²) < 4.78 is 20.1. The fourth-order valence-corrected chi connectivity index (χ4v) is 3.89. The molecular weight excluding hydrogens is 405 g/mol. The van der Waals surface area contributed by atoms with E-state index in [2.05, 4.69) is 10.2 Å². The van der Waals surface area contributed by atoms with Crippen LogP contribution in [0.15, 0.2) is 66.9 Å². The van der Waals surface area contributed by atoms with Crippen LogP contribution in [0.2, 0.25) is 0 Å². The predicted molar refractivity (Wildman–Crippen MR) is 122 cm³/mol. The van der Waals surface area contributed by atoms with E-state index in [1.165, 1.54) is 12.1 Å². The molecule has 162 valence electrons. The number of H-pyrrole nitrogens is 1. The minimum Gasteiger partial charge on any atom is -0.487 e. The van der Waals surface area contributed by atoms with E-state index in [9.17, 15) is 9.18 Å². The predicted octanol–water partition coefficient (Wildman–Crippen LogP) is 5.57. The number of para-hydroxylation sites is 1. The summed E-state index contributed by atoms with van der Waals surface area (Å²) >= 11 is 0. The molecule has 0 aliphatic heterocycles. The molecule has 0 saturated heterocycles. The molecule has 5 rings (SSSR count). The molecule has 0 spiro atoms. The Bertz CT molecular complexity index is 1310. The van der Waals surface area contributed by atoms with Crippen molar-refractivity contribution in [3.8, 4) is 16.9 Å². The van der Waals surface area contributed by atoms with Crippen molar-refractivity contribution in [2.24, 2.45) is 0 Å². The van der Waals surface area contributed by atoms with E-state index in [0.717, 1.165) is 40.4 Å². The van der Waals surface area contributed by atoms with E-state index in [4.69, 9.17) is 4.74 Å². The van der Waals surface area contributed by atoms with Gasteiger partial charge in [-0.25, -0.2) is 4.39 Å². The van der Waals surface area contributed by atoms with Crippen molar-refractivity contribution < 1.29 is 13.9 Å². The summed E-state index contributed by atoms with van der Waals surface area (Å²) in [6, 6.07) is 17.7. The van der Waals surface area contributed by atoms with Crippen LogP contribution in [0.3, 0.4) is 0 Å². The highest BCUT2D eigenvalue weighted by Crippen LogP contribution is 2.43. The SMILES string of the molecule is CN(Cc1cccc2cn[nH]c12)C(=O)c1ccc(-c2cccc(F)c2)c(OC2(C)CC2)c1. The molecular formula is C26H24FN3O2. The lowest BCUT2D eigenvalue weighted by atomic mass is 10.0. The van der Waals surface area contributed by atoms with Crippen molar-refractivity contribution >= 4 is 16.8 Å². The quantitative estimate of drug-likeness (QED) is 0.436. The van der Waals surface area contributed by atoms with Gasteiger partial charge in [0.25, 0.3) is 5.91 Å². The number of benzene rings is 3. The first-order chi connectivity index (χ1) is 15.4. The maximum atomic E-state index is 13.8. The average Bonchev–Trinajstić information content (AvgIpc) is 3.30. The molecule has 1 N–H and O–H groups in total. The number of nitrogens with one attached hydrogen (secondary N) is 1. The van der Waals surface area contributed by atoms with E-state index < -0.39 is 0 Å². The van der Waals surface area contributed by atoms with Gasteiger partial charge in [-0.05, 0) is 61.2 Å². The lowest BCUT2D eigenvalue weighted by molar-refractivity contribution is 0.0784. The number of aromatic nitrogens is 2. The highest BCUT2D eigenvalue weighted by molar-refractivity contribution is 5.95. The number of aromatic amines is 1. The molecule has 0 atom stereocenters. The fourth-order valence-electron chi connectivity index (χ4n) is 3.89. The zero-order valence-corrected chi connectivity index (χ0v) is 18.1. The minimum absolute atomic E-state index is 0.113. The first kappa shape index (κ1) is 20.2. The van der Waals surface area contributed by atoms with Crippen molar-refractivity contribution in [2.45, 2.75) is 31.9 Å². The van der Waals surface area contributed by atoms with Crippen molar-refractivity contribution in [3.05, 3.63) is 83.8 Å². The largest absolute Gasteiger partial charge is 0.487 e. The molecule has 5 nitrogen and oxygen atoms in total. The number of carbonyl (C=O) groups is 1. The highest BCUT2D eigenvalue weighted by atomic mass is 19.1. The number of hydrogen-bond donors (Lipinski definition) is 1. The maximum Gasteiger partial charge on any atom is 0.254 e. The second-order valence-electron chi connectivity index (χ2n) is 8.69. The van der Waals surface area contributed by atoms with E-state index >= 15 is 0 Å². The van der Waals surface area contributed by atoms with Crippen LogP contribution >= 0.6 is 0 Å². The molecule has 6 heteroatoms. The summed E-state index contributed by atoms with van der Waals surface area (Å²) in [7, 11) is 1.78. The lowest BCUT2D eigenvalue weighted by Gasteiger charge is -2.21. The normalized spacial score (nSPS) is 14.3. The Morgan fingerprint density at radius 1 is 1.16 bits per heavy atom. The monoisotopic (exact) mass is 429 g/mol. The number of ether oxygens (including phenoxy) is 1. The molecule has 1 saturated carbocycles. The summed E-state index contributed by atoms with van der Waals surface area (Å²) in [5, 5.41) is 8.11. The summed E-state index contributed by atoms with van der Waals surface area (Å²) in [6.45, 7) is 2.49. The lowest BCUT2D eigenvalue weighted by Crippen LogP contribution is -2.26. The third kappa shape index (κ3) is 3.96. The second kappa shape index (κ2) is 7.79. The summed E-state index contributed by atoms with van der Waals surface area (Å²) in [4.78, 5) is 14.9. The topological polar surface area (TPSA) is 58.2 Å². The Kier molecular flexibility index (Phi) is 4.93. The van der Waals surface area contributed by atoms with Gasteiger partial charge in [-0.1, -0.05) is 30.3 Å². The van der Waals surface area contributed by atoms with Crippen LogP contribution in [0.4, 0.5) is 4.39 Å². The summed E-state index contributed by atoms with van der Waals surface area (Å²) in [5.74, 6) is 0.183. The Morgan fingerprint density at radius 2 is 1.97 bits per heavy atom. The highest BCUT2D eigenvalue weighted by Gasteiger charge is 2.40. The molecule has 0 bridgehead atoms. The van der Waals surface area contributed by atoms with E-state index in [0.29, 0.717) is 17.9 Å². The van der Waals surface area contributed by atoms with Gasteiger partial charge < -0.3 is 9.64 Å². The van der Waals surface area contributed by atoms with Gasteiger partial charge in [0.1, 0.15) is 17.2 Å². The van der Waals surface area contributed by atoms with E-state index in [1.54, 1.807) is 36.3 Å². The minimum atomic E-state index is -0.307. The summed E-state index contributed by atoms with van der Waals surface area (Å²) in [6.07, 6.45) is 3.69. The van der Waals surface area contributed by atoms with Gasteiger partial charge in [0, 0.05) is 30.1 Å². The molecule has 1 aliphatic carbocycles. The van der Waals surface area contributed by atoms with Crippen LogP contribution in [0.1, 0.15) is 35.7 Å². The first-order valence-corrected chi connectivity index (χ1v) is 10.7. The molecule has 0 radical (unpaired) electrons. The molecule has 3 aromatic carbocycles. The van der Waals surface area contributed by atoms with Gasteiger partial charge in [0.05, 0.1) is 11.7 Å². The Balaban J connectivity index is 1.45. The third-order valence-corrected chi connectivity index (χ3v) is 5.99. The van der Waals surface area contributed by atoms with Gasteiger partial charge in [-0.2, -0.15) is 5.10 Å². The maximum absolute atomic E-state index is 13.8. The van der Waals surface area contributed by atoms with Gasteiger partial charge in [-0.3, -0.25) is 9.89 Å². The molecule has 0 unspecified atom stereocenters. The molecule has 1 aliphatic rings. The van der Waals surface area contributed by atoms with Crippen LogP contribution in [0.5, 0.6) is 5.75 Å². The number of amides is 1. The second-order valence-corrected chi connectivity index (χ2v) is 8.69. The van der Waals surface area contributed by atoms with E-state index in [-0.39, 0.29) is 17.3 Å². The Morgan fingerprint density at radius 3 is 2.75 bits per heavy atom. The number of rotatable bonds is 6. The first-order valence-electron chi connectivity index (χ1n) is 10.7. The molecule has 4 aromatic rings. The molecule has 1 aromatic heterocycles. The van der Waals surface area contributed by atoms with Gasteiger partial charge in [-0.15, -0.1) is 0 Å². The molecule has 1 amide bonds. The van der Waals surface area contributed by atoms with Crippen LogP contribution in [-0.4, -0.2) is 33.7 Å². The van der Waals surface area contributed by atoms with Gasteiger partial charge in [0.2, 0.25) is 0 Å². The van der Waals surface area contributed by atoms with Crippen molar-refractivity contribution in [1.29, 1.82) is 0 Å². The van der Waals surface area contributed by atoms with Crippen LogP contribution in [-0.2, 0) is 6.54 Å². The zero-order valence-electron chi connectivity index (χ0n) is 18.1. The van der Waals surface area contributed by atoms with Crippen LogP contribution < -0.4 is 4.74 Å². The zero-order chi connectivity index (χ0) is 22.3. The number of hydrogen-bond acceptors (Lipinski definition) is 3. The summed E-state index contributed by atoms with van der Waals surface area (Å²) in [5.41, 5.74) is 3.73. The number of carbonyl (C=O) groups excluding carboxylic acids is 1. The van der Waals surface area contributed by atoms with Crippen LogP contribution in [0, 0.1) is 5.82 Å². The average molecular weight is 429 g/mol. The van der Waals surface area contributed by atoms with Gasteiger partial charge in [0.15, 0.2) is 0 Å². The van der Waals surface area contributed by atoms with Crippen molar-refractivity contribution in [2.75, 3.05) is 7.05 Å². The Hall–Kier alpha value is -3.67. The molecule has 32 heavy (non-hydrogen) atoms. The third-order valence-electron chi connectivity index (χ3n) is 5.99. The van der Waals surface area contributed by atoms with E-state index in [1.807, 2.05) is 37.3 Å². The number of halogens is 1. The standard InChI is InChI=1S/C26H24FN3O2/c1-26(11-12-26)32-23-14-18(9-10-22(23)17-5-4-8-21(27)13-17)25(31)30(2)16-20-7-3-6-19-15-28-29-24(19)20/h3-10,13-15H,11-12,16H2,1-2H3,(H,28,29). The fraction of sp³-hybridized carbons (Fsp3) is 0.231. The van der Waals surface area contributed by atoms with Crippen LogP contribution in [0.25, 0.3) is 22.0 Å². The number of nitrogens with zero attached hydrogens (tertiary/aromatic N) is 2. The Labute approximate surface area is 185 Å². The van der Waals surface area contributed by atoms with Crippen molar-refractivity contribution in [1.82, 2.24) is 15.1 Å².